The molecule has 0 amide bonds. The van der Waals surface area contributed by atoms with Gasteiger partial charge in [0.15, 0.2) is 0 Å². The van der Waals surface area contributed by atoms with Gasteiger partial charge in [0, 0.05) is 6.08 Å². The van der Waals surface area contributed by atoms with Crippen molar-refractivity contribution in [1.29, 1.82) is 0 Å². The zero-order valence-corrected chi connectivity index (χ0v) is 8.29. The highest BCUT2D eigenvalue weighted by atomic mass is 19.5. The molecule has 1 aliphatic rings. The molecule has 1 atom stereocenters. The first-order valence-corrected chi connectivity index (χ1v) is 4.12. The number of halogens is 4. The van der Waals surface area contributed by atoms with Gasteiger partial charge in [0.1, 0.15) is 12.2 Å². The van der Waals surface area contributed by atoms with Gasteiger partial charge in [-0.05, 0) is 13.8 Å². The number of rotatable bonds is 1. The van der Waals surface area contributed by atoms with Crippen LogP contribution >= 0.6 is 0 Å². The molecule has 0 aromatic heterocycles. The first-order chi connectivity index (χ1) is 6.15. The van der Waals surface area contributed by atoms with E-state index in [4.69, 9.17) is 0 Å². The molecule has 2 nitrogen and oxygen atoms in total. The molecule has 0 saturated carbocycles. The van der Waals surface area contributed by atoms with E-state index in [2.05, 4.69) is 32.2 Å². The lowest BCUT2D eigenvalue weighted by Gasteiger charge is -2.24. The monoisotopic (exact) mass is 212 g/mol. The Bertz CT molecular complexity index is 216. The molecule has 7 heteroatoms. The predicted octanol–water partition coefficient (Wildman–Crippen LogP) is 2.65. The summed E-state index contributed by atoms with van der Waals surface area (Å²) in [6.07, 6.45) is 5.92. The third kappa shape index (κ3) is 5.74. The topological polar surface area (TPSA) is 12.4 Å². The predicted molar refractivity (Wildman–Crippen MR) is 49.1 cm³/mol. The van der Waals surface area contributed by atoms with Crippen LogP contribution in [0.5, 0.6) is 0 Å². The summed E-state index contributed by atoms with van der Waals surface area (Å²) in [5, 5.41) is 4.27. The van der Waals surface area contributed by atoms with Crippen molar-refractivity contribution < 1.29 is 21.9 Å². The van der Waals surface area contributed by atoms with E-state index in [1.54, 1.807) is 0 Å². The van der Waals surface area contributed by atoms with Crippen LogP contribution < -0.4 is 0 Å². The molecule has 0 radical (unpaired) electrons. The SMILES string of the molecule is CC(C)[N+]1(C)C=CC=N1.F[B-](F)(F)F. The Labute approximate surface area is 80.6 Å². The minimum atomic E-state index is -6.00. The standard InChI is InChI=1S/C7H13N2.BF4/c1-7(2)9(3)6-4-5-8-9;2-1(3,4)5/h4-7H,1-3H3;/q+1;-1. The van der Waals surface area contributed by atoms with Gasteiger partial charge in [-0.25, -0.2) is 0 Å². The Balaban J connectivity index is 0.000000292. The molecule has 0 fully saturated rings. The van der Waals surface area contributed by atoms with Gasteiger partial charge in [0.25, 0.3) is 0 Å². The van der Waals surface area contributed by atoms with Crippen LogP contribution in [0.25, 0.3) is 0 Å². The lowest BCUT2D eigenvalue weighted by Crippen LogP contribution is -2.37. The molecule has 0 aliphatic carbocycles. The fourth-order valence-electron chi connectivity index (χ4n) is 0.739. The minimum Gasteiger partial charge on any atom is -0.418 e. The summed E-state index contributed by atoms with van der Waals surface area (Å²) in [6, 6.07) is 0.542. The van der Waals surface area contributed by atoms with Gasteiger partial charge in [0.05, 0.1) is 13.3 Å². The maximum atomic E-state index is 9.75. The molecule has 1 rings (SSSR count). The first-order valence-electron chi connectivity index (χ1n) is 4.12. The molecule has 0 spiro atoms. The minimum absolute atomic E-state index is 0.542. The van der Waals surface area contributed by atoms with E-state index in [0.29, 0.717) is 10.6 Å². The van der Waals surface area contributed by atoms with Crippen molar-refractivity contribution in [1.82, 2.24) is 0 Å². The van der Waals surface area contributed by atoms with Crippen LogP contribution in [-0.2, 0) is 0 Å². The fourth-order valence-corrected chi connectivity index (χ4v) is 0.739. The van der Waals surface area contributed by atoms with Crippen molar-refractivity contribution in [3.8, 4) is 0 Å². The Morgan fingerprint density at radius 2 is 1.64 bits per heavy atom. The van der Waals surface area contributed by atoms with Gasteiger partial charge in [-0.15, -0.1) is 0 Å². The third-order valence-electron chi connectivity index (χ3n) is 1.83. The molecule has 14 heavy (non-hydrogen) atoms. The Morgan fingerprint density at radius 1 is 1.21 bits per heavy atom. The number of hydrogen-bond acceptors (Lipinski definition) is 1. The van der Waals surface area contributed by atoms with Crippen LogP contribution in [0.4, 0.5) is 17.3 Å². The lowest BCUT2D eigenvalue weighted by atomic mass is 10.3. The molecular formula is C7H13BF4N2. The molecule has 0 bridgehead atoms. The Morgan fingerprint density at radius 3 is 1.79 bits per heavy atom. The van der Waals surface area contributed by atoms with Crippen LogP contribution in [0.15, 0.2) is 17.4 Å². The van der Waals surface area contributed by atoms with E-state index in [0.717, 1.165) is 0 Å². The molecule has 1 unspecified atom stereocenters. The van der Waals surface area contributed by atoms with Crippen molar-refractivity contribution in [3.05, 3.63) is 12.3 Å². The van der Waals surface area contributed by atoms with Crippen molar-refractivity contribution in [2.24, 2.45) is 5.10 Å². The molecule has 0 N–H and O–H groups in total. The molecule has 0 aromatic carbocycles. The summed E-state index contributed by atoms with van der Waals surface area (Å²) >= 11 is 0. The van der Waals surface area contributed by atoms with Crippen LogP contribution in [0, 0.1) is 0 Å². The molecule has 0 aromatic rings. The van der Waals surface area contributed by atoms with E-state index < -0.39 is 7.25 Å². The highest BCUT2D eigenvalue weighted by Crippen LogP contribution is 2.14. The maximum Gasteiger partial charge on any atom is 0.673 e. The number of hydrogen-bond donors (Lipinski definition) is 0. The normalized spacial score (nSPS) is 25.1. The smallest absolute Gasteiger partial charge is 0.418 e. The van der Waals surface area contributed by atoms with E-state index in [9.17, 15) is 17.3 Å². The second-order valence-electron chi connectivity index (χ2n) is 3.29. The van der Waals surface area contributed by atoms with Crippen LogP contribution in [0.3, 0.4) is 0 Å². The van der Waals surface area contributed by atoms with Gasteiger partial charge in [-0.2, -0.15) is 4.59 Å². The molecular weight excluding hydrogens is 199 g/mol. The van der Waals surface area contributed by atoms with Gasteiger partial charge in [-0.1, -0.05) is 5.10 Å². The summed E-state index contributed by atoms with van der Waals surface area (Å²) in [5.41, 5.74) is 0. The average Bonchev–Trinajstić information content (AvgIpc) is 2.33. The maximum absolute atomic E-state index is 9.75. The van der Waals surface area contributed by atoms with Gasteiger partial charge < -0.3 is 17.3 Å². The van der Waals surface area contributed by atoms with E-state index >= 15 is 0 Å². The quantitative estimate of drug-likeness (QED) is 0.360. The summed E-state index contributed by atoms with van der Waals surface area (Å²) in [6.45, 7) is 4.32. The zero-order chi connectivity index (χ0) is 11.4. The van der Waals surface area contributed by atoms with Crippen molar-refractivity contribution >= 4 is 13.5 Å². The molecule has 1 heterocycles. The molecule has 0 saturated heterocycles. The summed E-state index contributed by atoms with van der Waals surface area (Å²) in [7, 11) is -3.91. The number of allylic oxidation sites excluding steroid dienone is 1. The van der Waals surface area contributed by atoms with Crippen molar-refractivity contribution in [3.63, 3.8) is 0 Å². The Kier molecular flexibility index (Phi) is 4.31. The molecule has 1 aliphatic heterocycles. The van der Waals surface area contributed by atoms with Gasteiger partial charge >= 0.3 is 7.25 Å². The second-order valence-corrected chi connectivity index (χ2v) is 3.29. The highest BCUT2D eigenvalue weighted by molar-refractivity contribution is 6.50. The third-order valence-corrected chi connectivity index (χ3v) is 1.83. The van der Waals surface area contributed by atoms with Crippen LogP contribution in [-0.4, -0.2) is 31.2 Å². The van der Waals surface area contributed by atoms with Crippen molar-refractivity contribution in [2.75, 3.05) is 7.05 Å². The molecule has 82 valence electrons. The van der Waals surface area contributed by atoms with E-state index in [1.165, 1.54) is 0 Å². The van der Waals surface area contributed by atoms with Crippen molar-refractivity contribution in [2.45, 2.75) is 19.9 Å². The van der Waals surface area contributed by atoms with Crippen LogP contribution in [0.1, 0.15) is 13.8 Å². The van der Waals surface area contributed by atoms with E-state index in [-0.39, 0.29) is 0 Å². The highest BCUT2D eigenvalue weighted by Gasteiger charge is 2.24. The zero-order valence-electron chi connectivity index (χ0n) is 8.29. The first kappa shape index (κ1) is 13.2. The van der Waals surface area contributed by atoms with Gasteiger partial charge in [0.2, 0.25) is 0 Å². The fraction of sp³-hybridized carbons (Fsp3) is 0.571. The van der Waals surface area contributed by atoms with E-state index in [1.807, 2.05) is 12.3 Å². The van der Waals surface area contributed by atoms with Crippen LogP contribution in [0.2, 0.25) is 0 Å². The Hall–Kier alpha value is -0.845. The summed E-state index contributed by atoms with van der Waals surface area (Å²) in [5.74, 6) is 0. The lowest BCUT2D eigenvalue weighted by molar-refractivity contribution is -0.885. The average molecular weight is 212 g/mol. The summed E-state index contributed by atoms with van der Waals surface area (Å²) in [4.78, 5) is 0. The largest absolute Gasteiger partial charge is 0.673 e. The van der Waals surface area contributed by atoms with Gasteiger partial charge in [-0.3, -0.25) is 0 Å². The second kappa shape index (κ2) is 4.59. The summed E-state index contributed by atoms with van der Waals surface area (Å²) < 4.78 is 39.7. The number of quaternary nitrogens is 1. The number of nitrogens with zero attached hydrogens (tertiary/aromatic N) is 2.